The first-order valence-electron chi connectivity index (χ1n) is 4.93. The van der Waals surface area contributed by atoms with Crippen molar-refractivity contribution in [3.8, 4) is 0 Å². The van der Waals surface area contributed by atoms with E-state index in [1.54, 1.807) is 0 Å². The quantitative estimate of drug-likeness (QED) is 0.810. The van der Waals surface area contributed by atoms with E-state index in [9.17, 15) is 0 Å². The highest BCUT2D eigenvalue weighted by molar-refractivity contribution is 5.85. The van der Waals surface area contributed by atoms with Gasteiger partial charge in [0.2, 0.25) is 5.89 Å². The number of halogens is 1. The average molecular weight is 225 g/mol. The smallest absolute Gasteiger partial charge is 0.215 e. The van der Waals surface area contributed by atoms with Crippen molar-refractivity contribution in [2.45, 2.75) is 24.8 Å². The van der Waals surface area contributed by atoms with Gasteiger partial charge in [0.05, 0.1) is 5.54 Å². The van der Waals surface area contributed by atoms with E-state index >= 15 is 0 Å². The van der Waals surface area contributed by atoms with Crippen molar-refractivity contribution in [2.75, 3.05) is 0 Å². The van der Waals surface area contributed by atoms with Gasteiger partial charge >= 0.3 is 0 Å². The van der Waals surface area contributed by atoms with Crippen LogP contribution < -0.4 is 5.73 Å². The minimum Gasteiger partial charge on any atom is -0.439 e. The molecule has 4 heteroatoms. The molecule has 0 radical (unpaired) electrons. The molecule has 3 nitrogen and oxygen atoms in total. The maximum atomic E-state index is 6.13. The Hall–Kier alpha value is -1.06. The monoisotopic (exact) mass is 224 g/mol. The lowest BCUT2D eigenvalue weighted by molar-refractivity contribution is 0.203. The molecular weight excluding hydrogens is 212 g/mol. The second kappa shape index (κ2) is 3.51. The molecule has 0 amide bonds. The van der Waals surface area contributed by atoms with Crippen molar-refractivity contribution in [3.05, 3.63) is 30.2 Å². The highest BCUT2D eigenvalue weighted by Gasteiger charge is 2.39. The van der Waals surface area contributed by atoms with Crippen molar-refractivity contribution in [2.24, 2.45) is 5.73 Å². The fourth-order valence-electron chi connectivity index (χ4n) is 1.86. The SMILES string of the molecule is Cl.NC1(c2nc3ccccc3o2)CCC1. The van der Waals surface area contributed by atoms with Crippen LogP contribution in [0.2, 0.25) is 0 Å². The topological polar surface area (TPSA) is 52.0 Å². The molecule has 0 atom stereocenters. The Kier molecular flexibility index (Phi) is 2.44. The number of nitrogens with zero attached hydrogens (tertiary/aromatic N) is 1. The number of hydrogen-bond acceptors (Lipinski definition) is 3. The van der Waals surface area contributed by atoms with Crippen molar-refractivity contribution >= 4 is 23.5 Å². The Bertz CT molecular complexity index is 443. The van der Waals surface area contributed by atoms with Gasteiger partial charge in [0.15, 0.2) is 5.58 Å². The summed E-state index contributed by atoms with van der Waals surface area (Å²) in [5.41, 5.74) is 7.57. The molecule has 1 aliphatic carbocycles. The number of oxazole rings is 1. The molecule has 0 bridgehead atoms. The molecule has 1 saturated carbocycles. The third-order valence-corrected chi connectivity index (χ3v) is 2.97. The lowest BCUT2D eigenvalue weighted by Gasteiger charge is -2.34. The summed E-state index contributed by atoms with van der Waals surface area (Å²) in [6, 6.07) is 7.78. The van der Waals surface area contributed by atoms with Crippen LogP contribution in [-0.2, 0) is 5.54 Å². The lowest BCUT2D eigenvalue weighted by Crippen LogP contribution is -2.43. The first kappa shape index (κ1) is 10.5. The number of aromatic nitrogens is 1. The van der Waals surface area contributed by atoms with Gasteiger partial charge < -0.3 is 10.2 Å². The molecule has 1 aromatic carbocycles. The third-order valence-electron chi connectivity index (χ3n) is 2.97. The standard InChI is InChI=1S/C11H12N2O.ClH/c12-11(6-3-7-11)10-13-8-4-1-2-5-9(8)14-10;/h1-2,4-5H,3,6-7,12H2;1H. The molecule has 3 rings (SSSR count). The van der Waals surface area contributed by atoms with Crippen molar-refractivity contribution in [3.63, 3.8) is 0 Å². The Balaban J connectivity index is 0.000000853. The van der Waals surface area contributed by atoms with E-state index in [1.165, 1.54) is 6.42 Å². The van der Waals surface area contributed by atoms with Crippen LogP contribution in [0.5, 0.6) is 0 Å². The van der Waals surface area contributed by atoms with Crippen LogP contribution in [0.4, 0.5) is 0 Å². The lowest BCUT2D eigenvalue weighted by atomic mass is 9.78. The second-order valence-electron chi connectivity index (χ2n) is 4.00. The summed E-state index contributed by atoms with van der Waals surface area (Å²) in [7, 11) is 0. The predicted molar refractivity (Wildman–Crippen MR) is 61.0 cm³/mol. The maximum absolute atomic E-state index is 6.13. The van der Waals surface area contributed by atoms with Crippen LogP contribution in [0.25, 0.3) is 11.1 Å². The van der Waals surface area contributed by atoms with E-state index in [-0.39, 0.29) is 17.9 Å². The molecule has 2 N–H and O–H groups in total. The van der Waals surface area contributed by atoms with Crippen LogP contribution in [-0.4, -0.2) is 4.98 Å². The minimum atomic E-state index is -0.293. The second-order valence-corrected chi connectivity index (χ2v) is 4.00. The summed E-state index contributed by atoms with van der Waals surface area (Å²) in [5, 5.41) is 0. The molecule has 1 heterocycles. The summed E-state index contributed by atoms with van der Waals surface area (Å²) in [5.74, 6) is 0.699. The Morgan fingerprint density at radius 3 is 2.60 bits per heavy atom. The van der Waals surface area contributed by atoms with Gasteiger partial charge in [0.1, 0.15) is 5.52 Å². The summed E-state index contributed by atoms with van der Waals surface area (Å²) < 4.78 is 5.64. The highest BCUT2D eigenvalue weighted by Crippen LogP contribution is 2.39. The molecule has 0 aliphatic heterocycles. The van der Waals surface area contributed by atoms with Crippen LogP contribution in [0.15, 0.2) is 28.7 Å². The molecule has 1 fully saturated rings. The van der Waals surface area contributed by atoms with Crippen molar-refractivity contribution in [1.29, 1.82) is 0 Å². The largest absolute Gasteiger partial charge is 0.439 e. The van der Waals surface area contributed by atoms with Crippen LogP contribution in [0.1, 0.15) is 25.2 Å². The highest BCUT2D eigenvalue weighted by atomic mass is 35.5. The fourth-order valence-corrected chi connectivity index (χ4v) is 1.86. The van der Waals surface area contributed by atoms with Crippen molar-refractivity contribution in [1.82, 2.24) is 4.98 Å². The number of fused-ring (bicyclic) bond motifs is 1. The molecule has 1 aliphatic rings. The molecule has 0 unspecified atom stereocenters. The van der Waals surface area contributed by atoms with Gasteiger partial charge in [0.25, 0.3) is 0 Å². The van der Waals surface area contributed by atoms with Crippen molar-refractivity contribution < 1.29 is 4.42 Å². The zero-order valence-corrected chi connectivity index (χ0v) is 9.09. The van der Waals surface area contributed by atoms with Gasteiger partial charge in [-0.15, -0.1) is 12.4 Å². The molecule has 2 aromatic rings. The number of hydrogen-bond donors (Lipinski definition) is 1. The first-order chi connectivity index (χ1) is 6.78. The van der Waals surface area contributed by atoms with E-state index in [0.717, 1.165) is 23.9 Å². The minimum absolute atomic E-state index is 0. The predicted octanol–water partition coefficient (Wildman–Crippen LogP) is 2.59. The zero-order chi connectivity index (χ0) is 9.60. The molecule has 0 saturated heterocycles. The number of rotatable bonds is 1. The molecular formula is C11H13ClN2O. The van der Waals surface area contributed by atoms with E-state index in [0.29, 0.717) is 5.89 Å². The van der Waals surface area contributed by atoms with Crippen LogP contribution >= 0.6 is 12.4 Å². The fraction of sp³-hybridized carbons (Fsp3) is 0.364. The van der Waals surface area contributed by atoms with Gasteiger partial charge in [0, 0.05) is 0 Å². The van der Waals surface area contributed by atoms with Gasteiger partial charge in [-0.3, -0.25) is 0 Å². The van der Waals surface area contributed by atoms with E-state index in [4.69, 9.17) is 10.2 Å². The Morgan fingerprint density at radius 2 is 2.00 bits per heavy atom. The van der Waals surface area contributed by atoms with Crippen LogP contribution in [0.3, 0.4) is 0 Å². The van der Waals surface area contributed by atoms with Gasteiger partial charge in [-0.1, -0.05) is 12.1 Å². The van der Waals surface area contributed by atoms with Gasteiger partial charge in [-0.25, -0.2) is 4.98 Å². The van der Waals surface area contributed by atoms with Gasteiger partial charge in [-0.05, 0) is 31.4 Å². The molecule has 0 spiro atoms. The average Bonchev–Trinajstić information content (AvgIpc) is 2.57. The van der Waals surface area contributed by atoms with Crippen LogP contribution in [0, 0.1) is 0 Å². The maximum Gasteiger partial charge on any atom is 0.215 e. The zero-order valence-electron chi connectivity index (χ0n) is 8.27. The third kappa shape index (κ3) is 1.52. The van der Waals surface area contributed by atoms with Gasteiger partial charge in [-0.2, -0.15) is 0 Å². The normalized spacial score (nSPS) is 18.2. The molecule has 1 aromatic heterocycles. The Labute approximate surface area is 94.1 Å². The number of para-hydroxylation sites is 2. The molecule has 80 valence electrons. The summed E-state index contributed by atoms with van der Waals surface area (Å²) >= 11 is 0. The first-order valence-corrected chi connectivity index (χ1v) is 4.93. The summed E-state index contributed by atoms with van der Waals surface area (Å²) in [6.07, 6.45) is 3.15. The molecule has 15 heavy (non-hydrogen) atoms. The number of nitrogens with two attached hydrogens (primary N) is 1. The summed E-state index contributed by atoms with van der Waals surface area (Å²) in [6.45, 7) is 0. The number of benzene rings is 1. The Morgan fingerprint density at radius 1 is 1.27 bits per heavy atom. The van der Waals surface area contributed by atoms with E-state index < -0.39 is 0 Å². The summed E-state index contributed by atoms with van der Waals surface area (Å²) in [4.78, 5) is 4.41. The van der Waals surface area contributed by atoms with E-state index in [1.807, 2.05) is 24.3 Å². The van der Waals surface area contributed by atoms with E-state index in [2.05, 4.69) is 4.98 Å².